The zero-order valence-corrected chi connectivity index (χ0v) is 22.6. The van der Waals surface area contributed by atoms with Crippen molar-refractivity contribution in [2.24, 2.45) is 0 Å². The normalized spacial score (nSPS) is 13.5. The van der Waals surface area contributed by atoms with Gasteiger partial charge in [-0.05, 0) is 44.2 Å². The van der Waals surface area contributed by atoms with Crippen molar-refractivity contribution < 1.29 is 28.2 Å². The van der Waals surface area contributed by atoms with Gasteiger partial charge in [0.15, 0.2) is 11.6 Å². The molecular weight excluding hydrogens is 513 g/mol. The molecule has 2 aromatic carbocycles. The van der Waals surface area contributed by atoms with E-state index in [0.717, 1.165) is 5.69 Å². The second kappa shape index (κ2) is 12.3. The fourth-order valence-electron chi connectivity index (χ4n) is 4.62. The Bertz CT molecular complexity index is 1470. The first-order valence-corrected chi connectivity index (χ1v) is 12.5. The lowest BCUT2D eigenvalue weighted by Gasteiger charge is -2.30. The van der Waals surface area contributed by atoms with Crippen molar-refractivity contribution in [2.75, 3.05) is 20.3 Å². The first-order valence-electron chi connectivity index (χ1n) is 12.5. The van der Waals surface area contributed by atoms with Crippen LogP contribution in [0.3, 0.4) is 0 Å². The van der Waals surface area contributed by atoms with E-state index in [1.165, 1.54) is 31.4 Å². The van der Waals surface area contributed by atoms with Crippen LogP contribution in [-0.2, 0) is 19.1 Å². The molecule has 1 N–H and O–H groups in total. The first-order chi connectivity index (χ1) is 19.3. The summed E-state index contributed by atoms with van der Waals surface area (Å²) in [6.07, 6.45) is 4.64. The molecule has 1 aliphatic heterocycles. The molecule has 8 nitrogen and oxygen atoms in total. The second-order valence-electron chi connectivity index (χ2n) is 8.97. The van der Waals surface area contributed by atoms with E-state index in [0.29, 0.717) is 28.2 Å². The molecule has 0 atom stereocenters. The smallest absolute Gasteiger partial charge is 0.337 e. The van der Waals surface area contributed by atoms with Gasteiger partial charge in [0.05, 0.1) is 35.6 Å². The predicted molar refractivity (Wildman–Crippen MR) is 149 cm³/mol. The molecule has 0 radical (unpaired) electrons. The number of allylic oxidation sites excluding steroid dienone is 2. The van der Waals surface area contributed by atoms with Crippen LogP contribution in [0.15, 0.2) is 103 Å². The Morgan fingerprint density at radius 1 is 1.00 bits per heavy atom. The largest absolute Gasteiger partial charge is 0.494 e. The van der Waals surface area contributed by atoms with Gasteiger partial charge in [-0.25, -0.2) is 18.7 Å². The summed E-state index contributed by atoms with van der Waals surface area (Å²) in [6, 6.07) is 13.8. The summed E-state index contributed by atoms with van der Waals surface area (Å²) < 4.78 is 32.5. The fourth-order valence-corrected chi connectivity index (χ4v) is 4.62. The highest BCUT2D eigenvalue weighted by molar-refractivity contribution is 6.00. The van der Waals surface area contributed by atoms with Crippen LogP contribution in [-0.4, -0.2) is 42.0 Å². The standard InChI is InChI=1S/C31H30FN3O5/c1-6-15-39-30(36)26-19(3)33-20(4)27(31(37)40-16-7-2)28(26)23-18-35(22-11-9-8-10-12-22)34-29(23)21-13-14-25(38-5)24(32)17-21/h6-14,17-18,28,33H,1-2,15-16H2,3-5H3. The Morgan fingerprint density at radius 2 is 1.60 bits per heavy atom. The summed E-state index contributed by atoms with van der Waals surface area (Å²) in [6.45, 7) is 10.6. The molecule has 40 heavy (non-hydrogen) atoms. The molecule has 2 heterocycles. The van der Waals surface area contributed by atoms with Crippen molar-refractivity contribution in [3.8, 4) is 22.7 Å². The van der Waals surface area contributed by atoms with Crippen molar-refractivity contribution in [1.82, 2.24) is 15.1 Å². The van der Waals surface area contributed by atoms with Crippen molar-refractivity contribution in [3.05, 3.63) is 114 Å². The highest BCUT2D eigenvalue weighted by atomic mass is 19.1. The van der Waals surface area contributed by atoms with E-state index in [1.54, 1.807) is 30.8 Å². The third-order valence-corrected chi connectivity index (χ3v) is 6.36. The van der Waals surface area contributed by atoms with Gasteiger partial charge in [-0.1, -0.05) is 43.5 Å². The number of rotatable bonds is 10. The van der Waals surface area contributed by atoms with Crippen molar-refractivity contribution in [1.29, 1.82) is 0 Å². The number of esters is 2. The Balaban J connectivity index is 2.00. The number of hydrogen-bond acceptors (Lipinski definition) is 7. The predicted octanol–water partition coefficient (Wildman–Crippen LogP) is 5.38. The summed E-state index contributed by atoms with van der Waals surface area (Å²) in [7, 11) is 1.38. The molecule has 1 aromatic heterocycles. The highest BCUT2D eigenvalue weighted by Crippen LogP contribution is 2.43. The number of nitrogens with zero attached hydrogens (tertiary/aromatic N) is 2. The fraction of sp³-hybridized carbons (Fsp3) is 0.194. The number of ether oxygens (including phenoxy) is 3. The molecule has 4 rings (SSSR count). The lowest BCUT2D eigenvalue weighted by Crippen LogP contribution is -2.32. The lowest BCUT2D eigenvalue weighted by atomic mass is 9.79. The molecule has 0 saturated heterocycles. The topological polar surface area (TPSA) is 91.7 Å². The molecular formula is C31H30FN3O5. The number of carbonyl (C=O) groups excluding carboxylic acids is 2. The maximum absolute atomic E-state index is 14.9. The maximum atomic E-state index is 14.9. The van der Waals surface area contributed by atoms with Crippen molar-refractivity contribution in [3.63, 3.8) is 0 Å². The third kappa shape index (κ3) is 5.58. The SMILES string of the molecule is C=CCOC(=O)C1=C(C)NC(C)=C(C(=O)OCC=C)C1c1cn(-c2ccccc2)nc1-c1ccc(OC)c(F)c1. The number of aromatic nitrogens is 2. The quantitative estimate of drug-likeness (QED) is 0.271. The average Bonchev–Trinajstić information content (AvgIpc) is 3.40. The van der Waals surface area contributed by atoms with Gasteiger partial charge in [0.1, 0.15) is 13.2 Å². The lowest BCUT2D eigenvalue weighted by molar-refractivity contribution is -0.138. The number of nitrogens with one attached hydrogen (secondary N) is 1. The van der Waals surface area contributed by atoms with Crippen molar-refractivity contribution in [2.45, 2.75) is 19.8 Å². The van der Waals surface area contributed by atoms with Gasteiger partial charge in [0.25, 0.3) is 0 Å². The molecule has 3 aromatic rings. The van der Waals surface area contributed by atoms with E-state index in [1.807, 2.05) is 30.3 Å². The van der Waals surface area contributed by atoms with Gasteiger partial charge in [0.2, 0.25) is 0 Å². The summed E-state index contributed by atoms with van der Waals surface area (Å²) >= 11 is 0. The highest BCUT2D eigenvalue weighted by Gasteiger charge is 2.40. The van der Waals surface area contributed by atoms with E-state index in [-0.39, 0.29) is 30.1 Å². The molecule has 0 aliphatic carbocycles. The number of para-hydroxylation sites is 1. The van der Waals surface area contributed by atoms with Gasteiger partial charge < -0.3 is 19.5 Å². The van der Waals surface area contributed by atoms with E-state index in [2.05, 4.69) is 18.5 Å². The monoisotopic (exact) mass is 543 g/mol. The molecule has 9 heteroatoms. The molecule has 0 fully saturated rings. The van der Waals surface area contributed by atoms with Gasteiger partial charge in [-0.2, -0.15) is 5.10 Å². The number of hydrogen-bond donors (Lipinski definition) is 1. The van der Waals surface area contributed by atoms with Crippen LogP contribution in [0.25, 0.3) is 16.9 Å². The Morgan fingerprint density at radius 3 is 2.12 bits per heavy atom. The number of dihydropyridines is 1. The number of benzene rings is 2. The van der Waals surface area contributed by atoms with Crippen LogP contribution in [0.2, 0.25) is 0 Å². The van der Waals surface area contributed by atoms with Crippen LogP contribution in [0, 0.1) is 5.82 Å². The zero-order valence-electron chi connectivity index (χ0n) is 22.6. The number of methoxy groups -OCH3 is 1. The minimum atomic E-state index is -0.950. The second-order valence-corrected chi connectivity index (χ2v) is 8.97. The summed E-state index contributed by atoms with van der Waals surface area (Å²) in [5.74, 6) is -2.75. The third-order valence-electron chi connectivity index (χ3n) is 6.36. The molecule has 0 saturated carbocycles. The molecule has 0 amide bonds. The molecule has 1 aliphatic rings. The maximum Gasteiger partial charge on any atom is 0.337 e. The van der Waals surface area contributed by atoms with Crippen LogP contribution >= 0.6 is 0 Å². The average molecular weight is 544 g/mol. The summed E-state index contributed by atoms with van der Waals surface area (Å²) in [5.41, 5.74) is 3.38. The summed E-state index contributed by atoms with van der Waals surface area (Å²) in [5, 5.41) is 7.91. The molecule has 0 unspecified atom stereocenters. The Labute approximate surface area is 232 Å². The van der Waals surface area contributed by atoms with Crippen molar-refractivity contribution >= 4 is 11.9 Å². The van der Waals surface area contributed by atoms with Gasteiger partial charge in [-0.3, -0.25) is 0 Å². The molecule has 0 spiro atoms. The minimum absolute atomic E-state index is 0.0267. The van der Waals surface area contributed by atoms with Gasteiger partial charge >= 0.3 is 11.9 Å². The first kappa shape index (κ1) is 28.1. The van der Waals surface area contributed by atoms with E-state index in [9.17, 15) is 14.0 Å². The van der Waals surface area contributed by atoms with E-state index < -0.39 is 23.7 Å². The van der Waals surface area contributed by atoms with Crippen LogP contribution in [0.4, 0.5) is 4.39 Å². The number of halogens is 1. The Hall–Kier alpha value is -4.92. The Kier molecular flexibility index (Phi) is 8.63. The van der Waals surface area contributed by atoms with Gasteiger partial charge in [-0.15, -0.1) is 0 Å². The van der Waals surface area contributed by atoms with E-state index in [4.69, 9.17) is 19.3 Å². The number of carbonyl (C=O) groups is 2. The van der Waals surface area contributed by atoms with Crippen LogP contribution in [0.1, 0.15) is 25.3 Å². The summed E-state index contributed by atoms with van der Waals surface area (Å²) in [4.78, 5) is 26.9. The van der Waals surface area contributed by atoms with Gasteiger partial charge in [0, 0.05) is 28.7 Å². The van der Waals surface area contributed by atoms with E-state index >= 15 is 0 Å². The zero-order chi connectivity index (χ0) is 28.8. The molecule has 206 valence electrons. The van der Waals surface area contributed by atoms with Crippen LogP contribution in [0.5, 0.6) is 5.75 Å². The minimum Gasteiger partial charge on any atom is -0.494 e. The molecule has 0 bridgehead atoms. The van der Waals surface area contributed by atoms with Crippen LogP contribution < -0.4 is 10.1 Å².